The minimum atomic E-state index is 0.180. The average Bonchev–Trinajstić information content (AvgIpc) is 2.95. The molecule has 0 saturated carbocycles. The van der Waals surface area contributed by atoms with Crippen molar-refractivity contribution in [3.63, 3.8) is 0 Å². The van der Waals surface area contributed by atoms with E-state index in [4.69, 9.17) is 10.5 Å². The molecule has 22 heavy (non-hydrogen) atoms. The van der Waals surface area contributed by atoms with Gasteiger partial charge in [-0.3, -0.25) is 4.99 Å². The van der Waals surface area contributed by atoms with Crippen molar-refractivity contribution in [1.82, 2.24) is 4.90 Å². The lowest BCUT2D eigenvalue weighted by molar-refractivity contribution is 0.242. The molecule has 0 aromatic heterocycles. The van der Waals surface area contributed by atoms with Gasteiger partial charge in [-0.15, -0.1) is 0 Å². The molecule has 0 amide bonds. The van der Waals surface area contributed by atoms with Gasteiger partial charge in [-0.2, -0.15) is 0 Å². The highest BCUT2D eigenvalue weighted by Gasteiger charge is 2.20. The van der Waals surface area contributed by atoms with Crippen LogP contribution in [0.25, 0.3) is 0 Å². The zero-order valence-corrected chi connectivity index (χ0v) is 13.9. The zero-order valence-electron chi connectivity index (χ0n) is 13.9. The Labute approximate surface area is 133 Å². The lowest BCUT2D eigenvalue weighted by Crippen LogP contribution is -2.25. The fraction of sp³-hybridized carbons (Fsp3) is 0.588. The predicted molar refractivity (Wildman–Crippen MR) is 92.5 cm³/mol. The third-order valence-electron chi connectivity index (χ3n) is 3.84. The summed E-state index contributed by atoms with van der Waals surface area (Å²) in [6.07, 6.45) is 1.39. The fourth-order valence-electron chi connectivity index (χ4n) is 2.65. The largest absolute Gasteiger partial charge is 0.491 e. The lowest BCUT2D eigenvalue weighted by atomic mass is 10.1. The van der Waals surface area contributed by atoms with Gasteiger partial charge in [0, 0.05) is 18.8 Å². The normalized spacial score (nSPS) is 19.6. The highest BCUT2D eigenvalue weighted by molar-refractivity contribution is 5.92. The third kappa shape index (κ3) is 5.22. The SMILES string of the molecule is CCN1CCC(CN=C(N)Nc2ccc(OC(C)C)cc2)C1. The van der Waals surface area contributed by atoms with Gasteiger partial charge in [0.05, 0.1) is 6.10 Å². The Morgan fingerprint density at radius 2 is 2.14 bits per heavy atom. The minimum Gasteiger partial charge on any atom is -0.491 e. The number of hydrogen-bond donors (Lipinski definition) is 2. The number of nitrogens with zero attached hydrogens (tertiary/aromatic N) is 2. The Kier molecular flexibility index (Phi) is 6.07. The number of anilines is 1. The second-order valence-corrected chi connectivity index (χ2v) is 6.09. The van der Waals surface area contributed by atoms with Gasteiger partial charge in [0.2, 0.25) is 0 Å². The molecule has 1 fully saturated rings. The number of hydrogen-bond acceptors (Lipinski definition) is 3. The van der Waals surface area contributed by atoms with Crippen LogP contribution in [-0.4, -0.2) is 43.1 Å². The number of ether oxygens (including phenoxy) is 1. The van der Waals surface area contributed by atoms with E-state index in [1.54, 1.807) is 0 Å². The number of aliphatic imine (C=N–C) groups is 1. The summed E-state index contributed by atoms with van der Waals surface area (Å²) in [5.74, 6) is 1.97. The van der Waals surface area contributed by atoms with Gasteiger partial charge in [-0.05, 0) is 63.5 Å². The standard InChI is InChI=1S/C17H28N4O/c1-4-21-10-9-14(12-21)11-19-17(18)20-15-5-7-16(8-6-15)22-13(2)3/h5-8,13-14H,4,9-12H2,1-3H3,(H3,18,19,20). The first kappa shape index (κ1) is 16.6. The van der Waals surface area contributed by atoms with Crippen molar-refractivity contribution in [2.75, 3.05) is 31.5 Å². The summed E-state index contributed by atoms with van der Waals surface area (Å²) in [4.78, 5) is 6.92. The summed E-state index contributed by atoms with van der Waals surface area (Å²) < 4.78 is 5.62. The summed E-state index contributed by atoms with van der Waals surface area (Å²) in [5, 5.41) is 3.13. The summed E-state index contributed by atoms with van der Waals surface area (Å²) in [7, 11) is 0. The van der Waals surface area contributed by atoms with E-state index in [-0.39, 0.29) is 6.10 Å². The highest BCUT2D eigenvalue weighted by atomic mass is 16.5. The number of likely N-dealkylation sites (tertiary alicyclic amines) is 1. The smallest absolute Gasteiger partial charge is 0.193 e. The predicted octanol–water partition coefficient (Wildman–Crippen LogP) is 2.54. The van der Waals surface area contributed by atoms with Gasteiger partial charge >= 0.3 is 0 Å². The first-order valence-electron chi connectivity index (χ1n) is 8.12. The lowest BCUT2D eigenvalue weighted by Gasteiger charge is -2.12. The molecule has 5 nitrogen and oxygen atoms in total. The van der Waals surface area contributed by atoms with Gasteiger partial charge in [0.25, 0.3) is 0 Å². The summed E-state index contributed by atoms with van der Waals surface area (Å²) >= 11 is 0. The Bertz CT molecular complexity index is 484. The average molecular weight is 304 g/mol. The number of rotatable bonds is 6. The Morgan fingerprint density at radius 3 is 2.73 bits per heavy atom. The molecule has 1 heterocycles. The molecule has 2 rings (SSSR count). The van der Waals surface area contributed by atoms with E-state index >= 15 is 0 Å². The monoisotopic (exact) mass is 304 g/mol. The molecular formula is C17H28N4O. The molecule has 1 aliphatic heterocycles. The van der Waals surface area contributed by atoms with E-state index in [0.29, 0.717) is 11.9 Å². The van der Waals surface area contributed by atoms with Crippen LogP contribution in [0.5, 0.6) is 5.75 Å². The van der Waals surface area contributed by atoms with Crippen molar-refractivity contribution in [2.24, 2.45) is 16.6 Å². The second kappa shape index (κ2) is 8.03. The van der Waals surface area contributed by atoms with Crippen LogP contribution in [-0.2, 0) is 0 Å². The maximum atomic E-state index is 5.96. The second-order valence-electron chi connectivity index (χ2n) is 6.09. The zero-order chi connectivity index (χ0) is 15.9. The first-order valence-corrected chi connectivity index (χ1v) is 8.12. The van der Waals surface area contributed by atoms with E-state index < -0.39 is 0 Å². The van der Waals surface area contributed by atoms with Crippen LogP contribution in [0, 0.1) is 5.92 Å². The van der Waals surface area contributed by atoms with E-state index in [2.05, 4.69) is 22.1 Å². The number of benzene rings is 1. The molecule has 0 radical (unpaired) electrons. The molecule has 1 atom stereocenters. The number of guanidine groups is 1. The van der Waals surface area contributed by atoms with Crippen molar-refractivity contribution in [2.45, 2.75) is 33.3 Å². The summed E-state index contributed by atoms with van der Waals surface area (Å²) in [6, 6.07) is 7.78. The van der Waals surface area contributed by atoms with Gasteiger partial charge in [0.1, 0.15) is 5.75 Å². The minimum absolute atomic E-state index is 0.180. The van der Waals surface area contributed by atoms with Crippen LogP contribution < -0.4 is 15.8 Å². The number of nitrogens with two attached hydrogens (primary N) is 1. The quantitative estimate of drug-likeness (QED) is 0.626. The van der Waals surface area contributed by atoms with Gasteiger partial charge in [-0.25, -0.2) is 0 Å². The van der Waals surface area contributed by atoms with Crippen molar-refractivity contribution >= 4 is 11.6 Å². The summed E-state index contributed by atoms with van der Waals surface area (Å²) in [6.45, 7) is 10.5. The molecule has 1 saturated heterocycles. The van der Waals surface area contributed by atoms with Crippen LogP contribution in [0.15, 0.2) is 29.3 Å². The molecule has 3 N–H and O–H groups in total. The highest BCUT2D eigenvalue weighted by Crippen LogP contribution is 2.17. The van der Waals surface area contributed by atoms with Crippen molar-refractivity contribution in [1.29, 1.82) is 0 Å². The van der Waals surface area contributed by atoms with Crippen molar-refractivity contribution in [3.8, 4) is 5.75 Å². The molecule has 0 bridgehead atoms. The van der Waals surface area contributed by atoms with E-state index in [9.17, 15) is 0 Å². The van der Waals surface area contributed by atoms with E-state index in [1.165, 1.54) is 13.0 Å². The molecule has 1 aromatic carbocycles. The maximum absolute atomic E-state index is 5.96. The Balaban J connectivity index is 1.81. The van der Waals surface area contributed by atoms with E-state index in [0.717, 1.165) is 31.1 Å². The Morgan fingerprint density at radius 1 is 1.41 bits per heavy atom. The van der Waals surface area contributed by atoms with Crippen LogP contribution in [0.4, 0.5) is 5.69 Å². The van der Waals surface area contributed by atoms with Crippen molar-refractivity contribution in [3.05, 3.63) is 24.3 Å². The van der Waals surface area contributed by atoms with Crippen LogP contribution >= 0.6 is 0 Å². The topological polar surface area (TPSA) is 62.9 Å². The van der Waals surface area contributed by atoms with Crippen LogP contribution in [0.2, 0.25) is 0 Å². The van der Waals surface area contributed by atoms with Crippen molar-refractivity contribution < 1.29 is 4.74 Å². The third-order valence-corrected chi connectivity index (χ3v) is 3.84. The first-order chi connectivity index (χ1) is 10.6. The van der Waals surface area contributed by atoms with Crippen LogP contribution in [0.3, 0.4) is 0 Å². The van der Waals surface area contributed by atoms with Gasteiger partial charge < -0.3 is 20.7 Å². The Hall–Kier alpha value is -1.75. The summed E-state index contributed by atoms with van der Waals surface area (Å²) in [5.41, 5.74) is 6.89. The van der Waals surface area contributed by atoms with Gasteiger partial charge in [0.15, 0.2) is 5.96 Å². The molecule has 0 aliphatic carbocycles. The van der Waals surface area contributed by atoms with E-state index in [1.807, 2.05) is 38.1 Å². The molecule has 5 heteroatoms. The van der Waals surface area contributed by atoms with Gasteiger partial charge in [-0.1, -0.05) is 6.92 Å². The molecule has 1 aliphatic rings. The molecule has 1 aromatic rings. The molecule has 1 unspecified atom stereocenters. The van der Waals surface area contributed by atoms with Crippen LogP contribution in [0.1, 0.15) is 27.2 Å². The molecule has 0 spiro atoms. The fourth-order valence-corrected chi connectivity index (χ4v) is 2.65. The number of nitrogens with one attached hydrogen (secondary N) is 1. The maximum Gasteiger partial charge on any atom is 0.193 e. The molecule has 122 valence electrons. The molecular weight excluding hydrogens is 276 g/mol.